The highest BCUT2D eigenvalue weighted by Gasteiger charge is 2.24. The Morgan fingerprint density at radius 2 is 1.60 bits per heavy atom. The molecule has 0 saturated heterocycles. The summed E-state index contributed by atoms with van der Waals surface area (Å²) in [6.45, 7) is -0.662. The van der Waals surface area contributed by atoms with Crippen LogP contribution >= 0.6 is 0 Å². The third-order valence-corrected chi connectivity index (χ3v) is 2.22. The van der Waals surface area contributed by atoms with E-state index >= 15 is 0 Å². The monoisotopic (exact) mass is 279 g/mol. The van der Waals surface area contributed by atoms with Gasteiger partial charge in [-0.3, -0.25) is 14.4 Å². The summed E-state index contributed by atoms with van der Waals surface area (Å²) in [6, 6.07) is 6.36. The third kappa shape index (κ3) is 4.41. The van der Waals surface area contributed by atoms with Crippen molar-refractivity contribution in [3.05, 3.63) is 35.9 Å². The molecule has 0 fully saturated rings. The predicted octanol–water partition coefficient (Wildman–Crippen LogP) is -1.70. The minimum absolute atomic E-state index is 0.265. The van der Waals surface area contributed by atoms with E-state index in [1.165, 1.54) is 12.1 Å². The van der Waals surface area contributed by atoms with E-state index in [0.29, 0.717) is 0 Å². The first-order chi connectivity index (χ1) is 9.41. The first kappa shape index (κ1) is 15.2. The first-order valence-corrected chi connectivity index (χ1v) is 5.52. The average Bonchev–Trinajstić information content (AvgIpc) is 2.42. The molecule has 1 rings (SSSR count). The van der Waals surface area contributed by atoms with E-state index in [1.54, 1.807) is 18.2 Å². The lowest BCUT2D eigenvalue weighted by Gasteiger charge is -2.11. The Kier molecular flexibility index (Phi) is 5.21. The van der Waals surface area contributed by atoms with Crippen LogP contribution in [0.1, 0.15) is 10.4 Å². The van der Waals surface area contributed by atoms with Gasteiger partial charge >= 0.3 is 5.97 Å². The van der Waals surface area contributed by atoms with Gasteiger partial charge in [0.05, 0.1) is 5.56 Å². The Hall–Kier alpha value is -2.90. The molecular weight excluding hydrogens is 266 g/mol. The number of carbonyl (C=O) groups is 4. The molecule has 0 radical (unpaired) electrons. The van der Waals surface area contributed by atoms with Gasteiger partial charge in [-0.1, -0.05) is 18.2 Å². The standard InChI is InChI=1S/C12H13N3O5/c13-10(17)9(11(14)18)15-8(16)6-20-12(19)7-4-2-1-3-5-7/h1-5,9H,6H2,(H2,13,17)(H2,14,18)(H,15,16). The zero-order valence-corrected chi connectivity index (χ0v) is 10.4. The zero-order valence-electron chi connectivity index (χ0n) is 10.4. The van der Waals surface area contributed by atoms with Crippen molar-refractivity contribution in [3.8, 4) is 0 Å². The molecule has 1 aromatic rings. The number of esters is 1. The van der Waals surface area contributed by atoms with Gasteiger partial charge in [-0.25, -0.2) is 4.79 Å². The van der Waals surface area contributed by atoms with Gasteiger partial charge in [-0.05, 0) is 12.1 Å². The van der Waals surface area contributed by atoms with Gasteiger partial charge in [-0.2, -0.15) is 0 Å². The Labute approximate surface area is 114 Å². The molecule has 0 aliphatic heterocycles. The predicted molar refractivity (Wildman–Crippen MR) is 67.0 cm³/mol. The number of hydrogen-bond acceptors (Lipinski definition) is 5. The number of amides is 3. The Morgan fingerprint density at radius 3 is 2.10 bits per heavy atom. The van der Waals surface area contributed by atoms with Gasteiger partial charge in [0.2, 0.25) is 11.8 Å². The van der Waals surface area contributed by atoms with Crippen molar-refractivity contribution < 1.29 is 23.9 Å². The van der Waals surface area contributed by atoms with Crippen LogP contribution in [0.25, 0.3) is 0 Å². The van der Waals surface area contributed by atoms with Crippen LogP contribution in [0.2, 0.25) is 0 Å². The highest BCUT2D eigenvalue weighted by Crippen LogP contribution is 2.00. The zero-order chi connectivity index (χ0) is 15.1. The van der Waals surface area contributed by atoms with Gasteiger partial charge in [0.1, 0.15) is 0 Å². The van der Waals surface area contributed by atoms with Crippen molar-refractivity contribution in [2.75, 3.05) is 6.61 Å². The summed E-state index contributed by atoms with van der Waals surface area (Å²) in [5.74, 6) is -3.77. The molecule has 0 spiro atoms. The van der Waals surface area contributed by atoms with E-state index in [-0.39, 0.29) is 5.56 Å². The van der Waals surface area contributed by atoms with Gasteiger partial charge in [0.25, 0.3) is 5.91 Å². The molecule has 0 bridgehead atoms. The van der Waals surface area contributed by atoms with E-state index < -0.39 is 36.3 Å². The molecule has 1 aromatic carbocycles. The minimum Gasteiger partial charge on any atom is -0.452 e. The molecule has 0 aliphatic carbocycles. The smallest absolute Gasteiger partial charge is 0.338 e. The molecule has 0 aliphatic rings. The lowest BCUT2D eigenvalue weighted by atomic mass is 10.2. The fraction of sp³-hybridized carbons (Fsp3) is 0.167. The molecule has 20 heavy (non-hydrogen) atoms. The van der Waals surface area contributed by atoms with E-state index in [4.69, 9.17) is 16.2 Å². The molecule has 0 saturated carbocycles. The summed E-state index contributed by atoms with van der Waals surface area (Å²) < 4.78 is 4.70. The van der Waals surface area contributed by atoms with Crippen LogP contribution in [0.3, 0.4) is 0 Å². The average molecular weight is 279 g/mol. The van der Waals surface area contributed by atoms with Crippen LogP contribution < -0.4 is 16.8 Å². The number of nitrogens with one attached hydrogen (secondary N) is 1. The summed E-state index contributed by atoms with van der Waals surface area (Å²) in [5, 5.41) is 1.96. The molecule has 8 nitrogen and oxygen atoms in total. The van der Waals surface area contributed by atoms with Gasteiger partial charge < -0.3 is 21.5 Å². The second-order valence-electron chi connectivity index (χ2n) is 3.75. The summed E-state index contributed by atoms with van der Waals surface area (Å²) in [6.07, 6.45) is 0. The summed E-state index contributed by atoms with van der Waals surface area (Å²) >= 11 is 0. The minimum atomic E-state index is -1.64. The highest BCUT2D eigenvalue weighted by atomic mass is 16.5. The number of nitrogens with two attached hydrogens (primary N) is 2. The SMILES string of the molecule is NC(=O)C(NC(=O)COC(=O)c1ccccc1)C(N)=O. The second-order valence-corrected chi connectivity index (χ2v) is 3.75. The van der Waals surface area contributed by atoms with Crippen LogP contribution in [-0.2, 0) is 19.1 Å². The number of hydrogen-bond donors (Lipinski definition) is 3. The van der Waals surface area contributed by atoms with Gasteiger partial charge in [0, 0.05) is 0 Å². The molecule has 8 heteroatoms. The second kappa shape index (κ2) is 6.88. The maximum atomic E-state index is 11.5. The molecular formula is C12H13N3O5. The topological polar surface area (TPSA) is 142 Å². The molecule has 0 heterocycles. The first-order valence-electron chi connectivity index (χ1n) is 5.52. The summed E-state index contributed by atoms with van der Waals surface area (Å²) in [7, 11) is 0. The Morgan fingerprint density at radius 1 is 1.05 bits per heavy atom. The van der Waals surface area contributed by atoms with Gasteiger partial charge in [-0.15, -0.1) is 0 Å². The molecule has 0 atom stereocenters. The highest BCUT2D eigenvalue weighted by molar-refractivity contribution is 6.05. The van der Waals surface area contributed by atoms with Crippen molar-refractivity contribution in [3.63, 3.8) is 0 Å². The maximum Gasteiger partial charge on any atom is 0.338 e. The van der Waals surface area contributed by atoms with Crippen molar-refractivity contribution in [2.45, 2.75) is 6.04 Å². The molecule has 0 unspecified atom stereocenters. The maximum absolute atomic E-state index is 11.5. The molecule has 106 valence electrons. The van der Waals surface area contributed by atoms with Crippen LogP contribution in [0, 0.1) is 0 Å². The summed E-state index contributed by atoms with van der Waals surface area (Å²) in [4.78, 5) is 44.6. The quantitative estimate of drug-likeness (QED) is 0.420. The number of primary amides is 2. The molecule has 3 amide bonds. The molecule has 5 N–H and O–H groups in total. The summed E-state index contributed by atoms with van der Waals surface area (Å²) in [5.41, 5.74) is 10.0. The number of ether oxygens (including phenoxy) is 1. The largest absolute Gasteiger partial charge is 0.452 e. The fourth-order valence-electron chi connectivity index (χ4n) is 1.27. The Bertz CT molecular complexity index is 515. The van der Waals surface area contributed by atoms with Crippen molar-refractivity contribution >= 4 is 23.7 Å². The van der Waals surface area contributed by atoms with Crippen molar-refractivity contribution in [1.82, 2.24) is 5.32 Å². The number of benzene rings is 1. The van der Waals surface area contributed by atoms with E-state index in [9.17, 15) is 19.2 Å². The van der Waals surface area contributed by atoms with E-state index in [1.807, 2.05) is 5.32 Å². The van der Waals surface area contributed by atoms with E-state index in [2.05, 4.69) is 0 Å². The van der Waals surface area contributed by atoms with Crippen LogP contribution in [-0.4, -0.2) is 36.3 Å². The van der Waals surface area contributed by atoms with Crippen LogP contribution in [0.15, 0.2) is 30.3 Å². The van der Waals surface area contributed by atoms with Crippen molar-refractivity contribution in [1.29, 1.82) is 0 Å². The fourth-order valence-corrected chi connectivity index (χ4v) is 1.27. The van der Waals surface area contributed by atoms with Gasteiger partial charge in [0.15, 0.2) is 12.6 Å². The number of rotatable bonds is 6. The normalized spacial score (nSPS) is 9.85. The lowest BCUT2D eigenvalue weighted by Crippen LogP contribution is -2.53. The lowest BCUT2D eigenvalue weighted by molar-refractivity contribution is -0.135. The third-order valence-electron chi connectivity index (χ3n) is 2.22. The molecule has 0 aromatic heterocycles. The Balaban J connectivity index is 2.49. The van der Waals surface area contributed by atoms with Crippen LogP contribution in [0.5, 0.6) is 0 Å². The van der Waals surface area contributed by atoms with E-state index in [0.717, 1.165) is 0 Å². The number of carbonyl (C=O) groups excluding carboxylic acids is 4. The van der Waals surface area contributed by atoms with Crippen LogP contribution in [0.4, 0.5) is 0 Å². The van der Waals surface area contributed by atoms with Crippen molar-refractivity contribution in [2.24, 2.45) is 11.5 Å².